The molecule has 0 fully saturated rings. The second kappa shape index (κ2) is 16.0. The van der Waals surface area contributed by atoms with E-state index < -0.39 is 0 Å². The number of halogens is 2. The molecule has 0 aromatic carbocycles. The van der Waals surface area contributed by atoms with Crippen molar-refractivity contribution in [3.63, 3.8) is 0 Å². The fourth-order valence-corrected chi connectivity index (χ4v) is 0.645. The van der Waals surface area contributed by atoms with E-state index in [0.29, 0.717) is 18.4 Å². The van der Waals surface area contributed by atoms with Crippen LogP contribution >= 0.6 is 23.2 Å². The SMILES string of the molecule is C=COCC.C=COCC(C)(C)CCl.CC(C)(CO)CCl. The van der Waals surface area contributed by atoms with Crippen LogP contribution in [0.3, 0.4) is 0 Å². The van der Waals surface area contributed by atoms with Crippen molar-refractivity contribution in [1.82, 2.24) is 0 Å². The highest BCUT2D eigenvalue weighted by Gasteiger charge is 2.15. The molecule has 0 bridgehead atoms. The van der Waals surface area contributed by atoms with Gasteiger partial charge in [0.15, 0.2) is 0 Å². The number of hydrogen-bond donors (Lipinski definition) is 1. The Bertz CT molecular complexity index is 236. The van der Waals surface area contributed by atoms with Crippen LogP contribution in [0, 0.1) is 10.8 Å². The van der Waals surface area contributed by atoms with E-state index in [1.807, 2.05) is 34.6 Å². The molecule has 0 amide bonds. The van der Waals surface area contributed by atoms with Gasteiger partial charge < -0.3 is 14.6 Å². The molecular formula is C16H32Cl2O3. The van der Waals surface area contributed by atoms with Crippen LogP contribution in [0.5, 0.6) is 0 Å². The maximum Gasteiger partial charge on any atom is 0.0935 e. The van der Waals surface area contributed by atoms with Gasteiger partial charge in [0.25, 0.3) is 0 Å². The van der Waals surface area contributed by atoms with Gasteiger partial charge in [-0.15, -0.1) is 23.2 Å². The summed E-state index contributed by atoms with van der Waals surface area (Å²) >= 11 is 11.0. The Morgan fingerprint density at radius 1 is 0.952 bits per heavy atom. The number of rotatable bonds is 8. The maximum absolute atomic E-state index is 8.51. The molecule has 0 aromatic rings. The molecule has 5 heteroatoms. The predicted octanol–water partition coefficient (Wildman–Crippen LogP) is 4.82. The van der Waals surface area contributed by atoms with Crippen LogP contribution in [0.2, 0.25) is 0 Å². The Labute approximate surface area is 140 Å². The molecule has 0 spiro atoms. The second-order valence-electron chi connectivity index (χ2n) is 5.85. The fraction of sp³-hybridized carbons (Fsp3) is 0.750. The van der Waals surface area contributed by atoms with Gasteiger partial charge in [-0.2, -0.15) is 0 Å². The molecule has 0 radical (unpaired) electrons. The van der Waals surface area contributed by atoms with E-state index in [0.717, 1.165) is 6.61 Å². The third kappa shape index (κ3) is 25.0. The largest absolute Gasteiger partial charge is 0.502 e. The summed E-state index contributed by atoms with van der Waals surface area (Å²) in [5.41, 5.74) is -0.0305. The van der Waals surface area contributed by atoms with Crippen molar-refractivity contribution < 1.29 is 14.6 Å². The average Bonchev–Trinajstić information content (AvgIpc) is 2.47. The van der Waals surface area contributed by atoms with E-state index in [1.54, 1.807) is 0 Å². The van der Waals surface area contributed by atoms with Crippen molar-refractivity contribution in [2.45, 2.75) is 34.6 Å². The van der Waals surface area contributed by atoms with Gasteiger partial charge in [-0.05, 0) is 6.92 Å². The molecule has 0 rings (SSSR count). The highest BCUT2D eigenvalue weighted by molar-refractivity contribution is 6.18. The molecule has 1 N–H and O–H groups in total. The van der Waals surface area contributed by atoms with Crippen LogP contribution < -0.4 is 0 Å². The van der Waals surface area contributed by atoms with Gasteiger partial charge in [-0.3, -0.25) is 0 Å². The first-order valence-electron chi connectivity index (χ1n) is 6.84. The van der Waals surface area contributed by atoms with Gasteiger partial charge >= 0.3 is 0 Å². The van der Waals surface area contributed by atoms with E-state index in [1.165, 1.54) is 12.5 Å². The Kier molecular flexibility index (Phi) is 19.5. The first-order valence-corrected chi connectivity index (χ1v) is 7.91. The van der Waals surface area contributed by atoms with E-state index in [9.17, 15) is 0 Å². The van der Waals surface area contributed by atoms with E-state index >= 15 is 0 Å². The zero-order chi connectivity index (χ0) is 17.4. The molecule has 0 saturated heterocycles. The zero-order valence-corrected chi connectivity index (χ0v) is 15.6. The van der Waals surface area contributed by atoms with Gasteiger partial charge in [0.1, 0.15) is 0 Å². The topological polar surface area (TPSA) is 38.7 Å². The Hall–Kier alpha value is -0.380. The molecule has 0 aliphatic carbocycles. The Morgan fingerprint density at radius 2 is 1.38 bits per heavy atom. The lowest BCUT2D eigenvalue weighted by atomic mass is 9.98. The van der Waals surface area contributed by atoms with Gasteiger partial charge in [0, 0.05) is 29.2 Å². The normalized spacial score (nSPS) is 10.3. The zero-order valence-electron chi connectivity index (χ0n) is 14.1. The molecule has 21 heavy (non-hydrogen) atoms. The van der Waals surface area contributed by atoms with Crippen LogP contribution in [-0.2, 0) is 9.47 Å². The summed E-state index contributed by atoms with van der Waals surface area (Å²) in [6, 6.07) is 0. The molecule has 0 saturated carbocycles. The van der Waals surface area contributed by atoms with E-state index in [-0.39, 0.29) is 17.4 Å². The van der Waals surface area contributed by atoms with Gasteiger partial charge in [0.2, 0.25) is 0 Å². The standard InChI is InChI=1S/C7H13ClO.C5H11ClO.C4H8O/c1-4-9-6-7(2,3)5-8;1-5(2,3-6)4-7;1-3-5-4-2/h4H,1,5-6H2,2-3H3;7H,3-4H2,1-2H3;3H,1,4H2,2H3. The smallest absolute Gasteiger partial charge is 0.0935 e. The molecule has 0 aromatic heterocycles. The highest BCUT2D eigenvalue weighted by atomic mass is 35.5. The van der Waals surface area contributed by atoms with Gasteiger partial charge in [-0.25, -0.2) is 0 Å². The van der Waals surface area contributed by atoms with Crippen molar-refractivity contribution in [2.75, 3.05) is 31.6 Å². The quantitative estimate of drug-likeness (QED) is 0.507. The molecule has 0 aliphatic rings. The van der Waals surface area contributed by atoms with Crippen molar-refractivity contribution in [2.24, 2.45) is 10.8 Å². The van der Waals surface area contributed by atoms with Crippen LogP contribution in [0.15, 0.2) is 25.7 Å². The lowest BCUT2D eigenvalue weighted by Crippen LogP contribution is -2.19. The van der Waals surface area contributed by atoms with Crippen molar-refractivity contribution in [3.05, 3.63) is 25.7 Å². The molecule has 0 atom stereocenters. The number of ether oxygens (including phenoxy) is 2. The van der Waals surface area contributed by atoms with Crippen molar-refractivity contribution in [3.8, 4) is 0 Å². The van der Waals surface area contributed by atoms with Crippen LogP contribution in [0.1, 0.15) is 34.6 Å². The molecule has 0 aliphatic heterocycles. The maximum atomic E-state index is 8.51. The minimum absolute atomic E-state index is 0.0652. The van der Waals surface area contributed by atoms with Crippen LogP contribution in [-0.4, -0.2) is 36.7 Å². The molecule has 128 valence electrons. The summed E-state index contributed by atoms with van der Waals surface area (Å²) in [7, 11) is 0. The number of hydrogen-bond acceptors (Lipinski definition) is 3. The third-order valence-electron chi connectivity index (χ3n) is 2.03. The number of aliphatic hydroxyl groups is 1. The number of alkyl halides is 2. The summed E-state index contributed by atoms with van der Waals surface area (Å²) in [5, 5.41) is 8.51. The third-order valence-corrected chi connectivity index (χ3v) is 3.47. The second-order valence-corrected chi connectivity index (χ2v) is 6.39. The summed E-state index contributed by atoms with van der Waals surface area (Å²) < 4.78 is 9.57. The van der Waals surface area contributed by atoms with Gasteiger partial charge in [-0.1, -0.05) is 40.9 Å². The van der Waals surface area contributed by atoms with Crippen molar-refractivity contribution >= 4 is 23.2 Å². The lowest BCUT2D eigenvalue weighted by molar-refractivity contribution is 0.155. The van der Waals surface area contributed by atoms with Gasteiger partial charge in [0.05, 0.1) is 25.7 Å². The Balaban J connectivity index is -0.000000242. The monoisotopic (exact) mass is 342 g/mol. The first kappa shape index (κ1) is 25.6. The van der Waals surface area contributed by atoms with E-state index in [4.69, 9.17) is 33.0 Å². The summed E-state index contributed by atoms with van der Waals surface area (Å²) in [5.74, 6) is 1.13. The summed E-state index contributed by atoms with van der Waals surface area (Å²) in [4.78, 5) is 0. The fourth-order valence-electron chi connectivity index (χ4n) is 0.483. The summed E-state index contributed by atoms with van der Waals surface area (Å²) in [6.07, 6.45) is 2.87. The molecule has 0 unspecified atom stereocenters. The Morgan fingerprint density at radius 3 is 1.52 bits per heavy atom. The molecule has 0 heterocycles. The lowest BCUT2D eigenvalue weighted by Gasteiger charge is -2.19. The summed E-state index contributed by atoms with van der Waals surface area (Å²) in [6.45, 7) is 18.1. The van der Waals surface area contributed by atoms with Crippen molar-refractivity contribution in [1.29, 1.82) is 0 Å². The van der Waals surface area contributed by atoms with Crippen LogP contribution in [0.25, 0.3) is 0 Å². The van der Waals surface area contributed by atoms with Crippen LogP contribution in [0.4, 0.5) is 0 Å². The minimum atomic E-state index is -0.0957. The van der Waals surface area contributed by atoms with E-state index in [2.05, 4.69) is 17.9 Å². The predicted molar refractivity (Wildman–Crippen MR) is 94.1 cm³/mol. The minimum Gasteiger partial charge on any atom is -0.502 e. The first-order chi connectivity index (χ1) is 9.66. The average molecular weight is 343 g/mol. The molecular weight excluding hydrogens is 311 g/mol. The number of aliphatic hydroxyl groups excluding tert-OH is 1. The highest BCUT2D eigenvalue weighted by Crippen LogP contribution is 2.16. The molecule has 3 nitrogen and oxygen atoms in total.